The normalized spacial score (nSPS) is 11.7. The summed E-state index contributed by atoms with van der Waals surface area (Å²) in [6, 6.07) is 19.1. The van der Waals surface area contributed by atoms with Gasteiger partial charge in [-0.15, -0.1) is 0 Å². The van der Waals surface area contributed by atoms with Crippen molar-refractivity contribution in [2.75, 3.05) is 26.5 Å². The summed E-state index contributed by atoms with van der Waals surface area (Å²) in [6.45, 7) is 0.806. The predicted octanol–water partition coefficient (Wildman–Crippen LogP) is 5.42. The van der Waals surface area contributed by atoms with Gasteiger partial charge in [-0.25, -0.2) is 14.2 Å². The lowest BCUT2D eigenvalue weighted by molar-refractivity contribution is 0.187. The Morgan fingerprint density at radius 1 is 1.09 bits per heavy atom. The average molecular weight is 461 g/mol. The molecule has 0 saturated carbocycles. The monoisotopic (exact) mass is 460 g/mol. The molecule has 1 amide bonds. The Morgan fingerprint density at radius 2 is 1.79 bits per heavy atom. The molecule has 0 aliphatic heterocycles. The van der Waals surface area contributed by atoms with Crippen LogP contribution in [-0.2, 0) is 11.3 Å². The number of methoxy groups -OCH3 is 1. The van der Waals surface area contributed by atoms with Crippen LogP contribution >= 0.6 is 0 Å². The molecule has 8 heteroatoms. The van der Waals surface area contributed by atoms with Crippen LogP contribution in [0.2, 0.25) is 0 Å². The Labute approximate surface area is 196 Å². The van der Waals surface area contributed by atoms with Crippen molar-refractivity contribution in [1.29, 1.82) is 0 Å². The standard InChI is InChI=1S/C26H25FN4O3/c1-31(2)15-16-4-9-19(10-5-16)28-24(17-6-11-20(12-7-17)29-26(33)34-3)23-21-13-8-18(27)14-22(21)30-25(23)32/h4-14,30,32H,15H2,1-3H3,(H,29,33). The molecule has 3 aromatic carbocycles. The van der Waals surface area contributed by atoms with E-state index in [0.717, 1.165) is 12.1 Å². The fourth-order valence-corrected chi connectivity index (χ4v) is 3.71. The average Bonchev–Trinajstić information content (AvgIpc) is 3.13. The number of carbonyl (C=O) groups is 1. The van der Waals surface area contributed by atoms with E-state index < -0.39 is 11.9 Å². The van der Waals surface area contributed by atoms with Crippen LogP contribution in [0.5, 0.6) is 5.88 Å². The van der Waals surface area contributed by atoms with Crippen molar-refractivity contribution in [3.8, 4) is 5.88 Å². The number of aromatic amines is 1. The molecular formula is C26H25FN4O3. The Morgan fingerprint density at radius 3 is 2.44 bits per heavy atom. The number of benzene rings is 3. The molecule has 0 aliphatic rings. The summed E-state index contributed by atoms with van der Waals surface area (Å²) in [5, 5.41) is 14.0. The number of aromatic hydroxyl groups is 1. The zero-order valence-corrected chi connectivity index (χ0v) is 19.1. The van der Waals surface area contributed by atoms with Gasteiger partial charge in [-0.2, -0.15) is 0 Å². The van der Waals surface area contributed by atoms with Crippen molar-refractivity contribution in [3.63, 3.8) is 0 Å². The van der Waals surface area contributed by atoms with Gasteiger partial charge in [0.15, 0.2) is 5.88 Å². The molecule has 0 atom stereocenters. The lowest BCUT2D eigenvalue weighted by Gasteiger charge is -2.11. The largest absolute Gasteiger partial charge is 0.494 e. The number of nitrogens with one attached hydrogen (secondary N) is 2. The van der Waals surface area contributed by atoms with Crippen molar-refractivity contribution >= 4 is 34.1 Å². The first-order valence-corrected chi connectivity index (χ1v) is 10.6. The SMILES string of the molecule is COC(=O)Nc1ccc(C(=Nc2ccc(CN(C)C)cc2)c2c(O)[nH]c3cc(F)ccc23)cc1. The number of carbonyl (C=O) groups excluding carboxylic acids is 1. The Hall–Kier alpha value is -4.17. The van der Waals surface area contributed by atoms with Gasteiger partial charge in [0.1, 0.15) is 5.82 Å². The highest BCUT2D eigenvalue weighted by atomic mass is 19.1. The number of H-pyrrole nitrogens is 1. The van der Waals surface area contributed by atoms with Gasteiger partial charge in [-0.1, -0.05) is 24.3 Å². The van der Waals surface area contributed by atoms with E-state index in [4.69, 9.17) is 4.99 Å². The second-order valence-corrected chi connectivity index (χ2v) is 8.10. The second kappa shape index (κ2) is 9.76. The van der Waals surface area contributed by atoms with Gasteiger partial charge in [0.2, 0.25) is 0 Å². The molecular weight excluding hydrogens is 435 g/mol. The van der Waals surface area contributed by atoms with Gasteiger partial charge in [-0.05, 0) is 62.1 Å². The molecule has 0 unspecified atom stereocenters. The molecule has 0 spiro atoms. The number of nitrogens with zero attached hydrogens (tertiary/aromatic N) is 2. The molecule has 0 saturated heterocycles. The van der Waals surface area contributed by atoms with Gasteiger partial charge in [0.25, 0.3) is 0 Å². The molecule has 1 aromatic heterocycles. The van der Waals surface area contributed by atoms with E-state index in [1.807, 2.05) is 38.4 Å². The summed E-state index contributed by atoms with van der Waals surface area (Å²) >= 11 is 0. The van der Waals surface area contributed by atoms with E-state index in [0.29, 0.717) is 39.1 Å². The van der Waals surface area contributed by atoms with E-state index in [-0.39, 0.29) is 5.88 Å². The van der Waals surface area contributed by atoms with Crippen molar-refractivity contribution in [1.82, 2.24) is 9.88 Å². The first-order chi connectivity index (χ1) is 16.3. The van der Waals surface area contributed by atoms with Crippen LogP contribution in [0.1, 0.15) is 16.7 Å². The molecule has 174 valence electrons. The third-order valence-electron chi connectivity index (χ3n) is 5.24. The molecule has 1 heterocycles. The van der Waals surface area contributed by atoms with Crippen LogP contribution in [0.15, 0.2) is 71.7 Å². The molecule has 0 bridgehead atoms. The second-order valence-electron chi connectivity index (χ2n) is 8.10. The van der Waals surface area contributed by atoms with Crippen LogP contribution in [0.25, 0.3) is 10.9 Å². The number of rotatable bonds is 6. The topological polar surface area (TPSA) is 89.9 Å². The van der Waals surface area contributed by atoms with E-state index in [1.54, 1.807) is 30.3 Å². The van der Waals surface area contributed by atoms with Crippen molar-refractivity contribution < 1.29 is 19.0 Å². The summed E-state index contributed by atoms with van der Waals surface area (Å²) in [5.74, 6) is -0.520. The van der Waals surface area contributed by atoms with Crippen LogP contribution in [0.4, 0.5) is 20.6 Å². The van der Waals surface area contributed by atoms with Crippen LogP contribution < -0.4 is 5.32 Å². The lowest BCUT2D eigenvalue weighted by atomic mass is 10.0. The summed E-state index contributed by atoms with van der Waals surface area (Å²) < 4.78 is 18.4. The van der Waals surface area contributed by atoms with Crippen molar-refractivity contribution in [2.45, 2.75) is 6.54 Å². The first-order valence-electron chi connectivity index (χ1n) is 10.6. The minimum absolute atomic E-state index is 0.111. The van der Waals surface area contributed by atoms with E-state index in [1.165, 1.54) is 19.2 Å². The number of anilines is 1. The Kier molecular flexibility index (Phi) is 6.60. The van der Waals surface area contributed by atoms with Crippen LogP contribution in [0.3, 0.4) is 0 Å². The molecule has 4 aromatic rings. The summed E-state index contributed by atoms with van der Waals surface area (Å²) in [6.07, 6.45) is -0.573. The molecule has 0 radical (unpaired) electrons. The maximum atomic E-state index is 13.8. The Balaban J connectivity index is 1.81. The molecule has 4 rings (SSSR count). The Bertz CT molecular complexity index is 1340. The van der Waals surface area contributed by atoms with Gasteiger partial charge in [0, 0.05) is 23.2 Å². The molecule has 7 nitrogen and oxygen atoms in total. The summed E-state index contributed by atoms with van der Waals surface area (Å²) in [4.78, 5) is 21.3. The quantitative estimate of drug-likeness (QED) is 0.335. The predicted molar refractivity (Wildman–Crippen MR) is 132 cm³/mol. The number of amides is 1. The molecule has 34 heavy (non-hydrogen) atoms. The molecule has 0 fully saturated rings. The van der Waals surface area contributed by atoms with E-state index >= 15 is 0 Å². The first kappa shape index (κ1) is 23.0. The van der Waals surface area contributed by atoms with E-state index in [2.05, 4.69) is 19.9 Å². The van der Waals surface area contributed by atoms with Gasteiger partial charge < -0.3 is 19.7 Å². The summed E-state index contributed by atoms with van der Waals surface area (Å²) in [5.41, 5.74) is 4.52. The fourth-order valence-electron chi connectivity index (χ4n) is 3.71. The highest BCUT2D eigenvalue weighted by Crippen LogP contribution is 2.32. The maximum absolute atomic E-state index is 13.8. The highest BCUT2D eigenvalue weighted by molar-refractivity contribution is 6.22. The number of hydrogen-bond acceptors (Lipinski definition) is 5. The zero-order chi connectivity index (χ0) is 24.2. The molecule has 3 N–H and O–H groups in total. The minimum atomic E-state index is -0.573. The number of aliphatic imine (C=N–C) groups is 1. The van der Waals surface area contributed by atoms with Crippen molar-refractivity contribution in [3.05, 3.63) is 89.2 Å². The van der Waals surface area contributed by atoms with Gasteiger partial charge in [-0.3, -0.25) is 5.32 Å². The van der Waals surface area contributed by atoms with Crippen LogP contribution in [0, 0.1) is 5.82 Å². The lowest BCUT2D eigenvalue weighted by Crippen LogP contribution is -2.11. The zero-order valence-electron chi connectivity index (χ0n) is 19.1. The van der Waals surface area contributed by atoms with E-state index in [9.17, 15) is 14.3 Å². The van der Waals surface area contributed by atoms with Crippen LogP contribution in [-0.4, -0.2) is 48.0 Å². The number of aromatic nitrogens is 1. The third-order valence-corrected chi connectivity index (χ3v) is 5.24. The maximum Gasteiger partial charge on any atom is 0.411 e. The van der Waals surface area contributed by atoms with Gasteiger partial charge in [0.05, 0.1) is 29.6 Å². The third kappa shape index (κ3) is 5.07. The number of hydrogen-bond donors (Lipinski definition) is 3. The minimum Gasteiger partial charge on any atom is -0.494 e. The number of ether oxygens (including phenoxy) is 1. The highest BCUT2D eigenvalue weighted by Gasteiger charge is 2.19. The smallest absolute Gasteiger partial charge is 0.411 e. The summed E-state index contributed by atoms with van der Waals surface area (Å²) in [7, 11) is 5.30. The number of fused-ring (bicyclic) bond motifs is 1. The fraction of sp³-hybridized carbons (Fsp3) is 0.154. The molecule has 0 aliphatic carbocycles. The number of halogens is 1. The van der Waals surface area contributed by atoms with Gasteiger partial charge >= 0.3 is 6.09 Å². The van der Waals surface area contributed by atoms with Crippen molar-refractivity contribution in [2.24, 2.45) is 4.99 Å².